The number of hydrogen-bond acceptors (Lipinski definition) is 2. The van der Waals surface area contributed by atoms with E-state index in [2.05, 4.69) is 10.2 Å². The molecule has 2 aliphatic rings. The van der Waals surface area contributed by atoms with Crippen molar-refractivity contribution < 1.29 is 4.39 Å². The Morgan fingerprint density at radius 1 is 1.11 bits per heavy atom. The van der Waals surface area contributed by atoms with Gasteiger partial charge in [0.05, 0.1) is 0 Å². The number of benzene rings is 1. The van der Waals surface area contributed by atoms with Crippen LogP contribution in [0.2, 0.25) is 0 Å². The van der Waals surface area contributed by atoms with Crippen molar-refractivity contribution in [2.24, 2.45) is 0 Å². The molecule has 1 aromatic rings. The number of piperidine rings is 1. The highest BCUT2D eigenvalue weighted by atomic mass is 19.1. The van der Waals surface area contributed by atoms with E-state index >= 15 is 0 Å². The van der Waals surface area contributed by atoms with Crippen LogP contribution in [0.15, 0.2) is 24.3 Å². The van der Waals surface area contributed by atoms with Crippen LogP contribution in [0.1, 0.15) is 31.2 Å². The molecule has 0 aromatic heterocycles. The molecule has 3 heteroatoms. The zero-order chi connectivity index (χ0) is 12.4. The molecule has 0 bridgehead atoms. The first-order valence-electron chi connectivity index (χ1n) is 7.02. The van der Waals surface area contributed by atoms with Crippen molar-refractivity contribution in [1.29, 1.82) is 0 Å². The van der Waals surface area contributed by atoms with Crippen LogP contribution < -0.4 is 5.32 Å². The monoisotopic (exact) mass is 248 g/mol. The summed E-state index contributed by atoms with van der Waals surface area (Å²) in [5, 5.41) is 3.72. The molecule has 1 saturated heterocycles. The van der Waals surface area contributed by atoms with E-state index in [4.69, 9.17) is 0 Å². The summed E-state index contributed by atoms with van der Waals surface area (Å²) in [6.45, 7) is 3.25. The zero-order valence-corrected chi connectivity index (χ0v) is 10.7. The Labute approximate surface area is 108 Å². The van der Waals surface area contributed by atoms with Crippen LogP contribution in [0.5, 0.6) is 0 Å². The van der Waals surface area contributed by atoms with Crippen molar-refractivity contribution in [2.45, 2.75) is 44.3 Å². The van der Waals surface area contributed by atoms with E-state index in [-0.39, 0.29) is 5.82 Å². The summed E-state index contributed by atoms with van der Waals surface area (Å²) >= 11 is 0. The fourth-order valence-corrected chi connectivity index (χ4v) is 2.77. The van der Waals surface area contributed by atoms with E-state index in [0.717, 1.165) is 19.1 Å². The third-order valence-electron chi connectivity index (χ3n) is 3.87. The molecule has 1 heterocycles. The first-order valence-corrected chi connectivity index (χ1v) is 7.02. The third-order valence-corrected chi connectivity index (χ3v) is 3.87. The SMILES string of the molecule is Fc1ccc(CN2CCCC(NC3CC3)C2)cc1. The van der Waals surface area contributed by atoms with Crippen LogP contribution in [0, 0.1) is 5.82 Å². The van der Waals surface area contributed by atoms with E-state index < -0.39 is 0 Å². The van der Waals surface area contributed by atoms with E-state index in [1.54, 1.807) is 12.1 Å². The fourth-order valence-electron chi connectivity index (χ4n) is 2.77. The van der Waals surface area contributed by atoms with Gasteiger partial charge >= 0.3 is 0 Å². The largest absolute Gasteiger partial charge is 0.310 e. The molecule has 1 N–H and O–H groups in total. The summed E-state index contributed by atoms with van der Waals surface area (Å²) in [6, 6.07) is 8.35. The first kappa shape index (κ1) is 12.1. The van der Waals surface area contributed by atoms with Crippen LogP contribution in [0.4, 0.5) is 4.39 Å². The van der Waals surface area contributed by atoms with Crippen LogP contribution in [-0.4, -0.2) is 30.1 Å². The number of nitrogens with zero attached hydrogens (tertiary/aromatic N) is 1. The molecular formula is C15H21FN2. The van der Waals surface area contributed by atoms with Crippen LogP contribution in [0.25, 0.3) is 0 Å². The average Bonchev–Trinajstić information content (AvgIpc) is 3.17. The molecule has 98 valence electrons. The predicted molar refractivity (Wildman–Crippen MR) is 70.9 cm³/mol. The normalized spacial score (nSPS) is 25.3. The van der Waals surface area contributed by atoms with E-state index in [1.807, 2.05) is 12.1 Å². The molecule has 18 heavy (non-hydrogen) atoms. The fraction of sp³-hybridized carbons (Fsp3) is 0.600. The molecule has 1 aliphatic carbocycles. The van der Waals surface area contributed by atoms with Crippen LogP contribution in [-0.2, 0) is 6.54 Å². The maximum absolute atomic E-state index is 12.9. The topological polar surface area (TPSA) is 15.3 Å². The van der Waals surface area contributed by atoms with Gasteiger partial charge in [-0.3, -0.25) is 4.90 Å². The average molecular weight is 248 g/mol. The van der Waals surface area contributed by atoms with Crippen molar-refractivity contribution >= 4 is 0 Å². The van der Waals surface area contributed by atoms with E-state index in [0.29, 0.717) is 6.04 Å². The van der Waals surface area contributed by atoms with Gasteiger partial charge in [-0.2, -0.15) is 0 Å². The second-order valence-electron chi connectivity index (χ2n) is 5.64. The number of hydrogen-bond donors (Lipinski definition) is 1. The molecule has 3 rings (SSSR count). The zero-order valence-electron chi connectivity index (χ0n) is 10.7. The summed E-state index contributed by atoms with van der Waals surface area (Å²) in [5.74, 6) is -0.148. The summed E-state index contributed by atoms with van der Waals surface area (Å²) in [7, 11) is 0. The minimum absolute atomic E-state index is 0.148. The second-order valence-corrected chi connectivity index (χ2v) is 5.64. The lowest BCUT2D eigenvalue weighted by atomic mass is 10.0. The van der Waals surface area contributed by atoms with E-state index in [1.165, 1.54) is 37.8 Å². The molecule has 1 unspecified atom stereocenters. The Hall–Kier alpha value is -0.930. The summed E-state index contributed by atoms with van der Waals surface area (Å²) in [5.41, 5.74) is 1.21. The van der Waals surface area contributed by atoms with Gasteiger partial charge in [0, 0.05) is 25.2 Å². The molecule has 2 fully saturated rings. The lowest BCUT2D eigenvalue weighted by molar-refractivity contribution is 0.182. The van der Waals surface area contributed by atoms with Gasteiger partial charge < -0.3 is 5.32 Å². The summed E-state index contributed by atoms with van der Waals surface area (Å²) in [6.07, 6.45) is 5.28. The van der Waals surface area contributed by atoms with Gasteiger partial charge in [-0.1, -0.05) is 12.1 Å². The minimum Gasteiger partial charge on any atom is -0.310 e. The highest BCUT2D eigenvalue weighted by Crippen LogP contribution is 2.22. The standard InChI is InChI=1S/C15H21FN2/c16-13-5-3-12(4-6-13)10-18-9-1-2-15(11-18)17-14-7-8-14/h3-6,14-15,17H,1-2,7-11H2. The van der Waals surface area contributed by atoms with Gasteiger partial charge in [0.15, 0.2) is 0 Å². The smallest absolute Gasteiger partial charge is 0.123 e. The molecule has 1 aliphatic heterocycles. The maximum Gasteiger partial charge on any atom is 0.123 e. The van der Waals surface area contributed by atoms with Crippen LogP contribution in [0.3, 0.4) is 0 Å². The summed E-state index contributed by atoms with van der Waals surface area (Å²) < 4.78 is 12.9. The number of halogens is 1. The Bertz CT molecular complexity index is 386. The number of rotatable bonds is 4. The number of nitrogens with one attached hydrogen (secondary N) is 1. The molecule has 0 spiro atoms. The Morgan fingerprint density at radius 3 is 2.61 bits per heavy atom. The van der Waals surface area contributed by atoms with Gasteiger partial charge in [0.2, 0.25) is 0 Å². The molecule has 1 saturated carbocycles. The van der Waals surface area contributed by atoms with Crippen molar-refractivity contribution in [2.75, 3.05) is 13.1 Å². The highest BCUT2D eigenvalue weighted by molar-refractivity contribution is 5.16. The van der Waals surface area contributed by atoms with Gasteiger partial charge in [-0.05, 0) is 49.9 Å². The molecular weight excluding hydrogens is 227 g/mol. The molecule has 1 aromatic carbocycles. The van der Waals surface area contributed by atoms with Gasteiger partial charge in [0.25, 0.3) is 0 Å². The summed E-state index contributed by atoms with van der Waals surface area (Å²) in [4.78, 5) is 2.48. The first-order chi connectivity index (χ1) is 8.79. The number of likely N-dealkylation sites (tertiary alicyclic amines) is 1. The Morgan fingerprint density at radius 2 is 1.89 bits per heavy atom. The van der Waals surface area contributed by atoms with Gasteiger partial charge in [0.1, 0.15) is 5.82 Å². The van der Waals surface area contributed by atoms with E-state index in [9.17, 15) is 4.39 Å². The maximum atomic E-state index is 12.9. The molecule has 0 radical (unpaired) electrons. The highest BCUT2D eigenvalue weighted by Gasteiger charge is 2.27. The van der Waals surface area contributed by atoms with Crippen molar-refractivity contribution in [3.05, 3.63) is 35.6 Å². The second kappa shape index (κ2) is 5.37. The third kappa shape index (κ3) is 3.30. The minimum atomic E-state index is -0.148. The van der Waals surface area contributed by atoms with Gasteiger partial charge in [-0.25, -0.2) is 4.39 Å². The van der Waals surface area contributed by atoms with Gasteiger partial charge in [-0.15, -0.1) is 0 Å². The molecule has 2 nitrogen and oxygen atoms in total. The lowest BCUT2D eigenvalue weighted by Gasteiger charge is -2.33. The predicted octanol–water partition coefficient (Wildman–Crippen LogP) is 2.54. The lowest BCUT2D eigenvalue weighted by Crippen LogP contribution is -2.46. The Kier molecular flexibility index (Phi) is 3.62. The van der Waals surface area contributed by atoms with Crippen molar-refractivity contribution in [3.63, 3.8) is 0 Å². The quantitative estimate of drug-likeness (QED) is 0.881. The van der Waals surface area contributed by atoms with Crippen molar-refractivity contribution in [1.82, 2.24) is 10.2 Å². The molecule has 0 amide bonds. The molecule has 1 atom stereocenters. The van der Waals surface area contributed by atoms with Crippen molar-refractivity contribution in [3.8, 4) is 0 Å². The van der Waals surface area contributed by atoms with Crippen LogP contribution >= 0.6 is 0 Å². The Balaban J connectivity index is 1.53.